The Balaban J connectivity index is 1.97. The number of carboxylic acids is 1. The minimum absolute atomic E-state index is 0.210. The second-order valence-electron chi connectivity index (χ2n) is 5.75. The van der Waals surface area contributed by atoms with Crippen molar-refractivity contribution in [3.05, 3.63) is 29.8 Å². The zero-order valence-electron chi connectivity index (χ0n) is 12.7. The van der Waals surface area contributed by atoms with Crippen molar-refractivity contribution < 1.29 is 23.1 Å². The van der Waals surface area contributed by atoms with Gasteiger partial charge in [-0.05, 0) is 24.5 Å². The number of rotatable bonds is 4. The van der Waals surface area contributed by atoms with Gasteiger partial charge in [-0.3, -0.25) is 9.10 Å². The highest BCUT2D eigenvalue weighted by Gasteiger charge is 2.41. The van der Waals surface area contributed by atoms with Crippen LogP contribution in [0.2, 0.25) is 0 Å². The molecule has 1 atom stereocenters. The van der Waals surface area contributed by atoms with Crippen molar-refractivity contribution in [2.24, 2.45) is 0 Å². The largest absolute Gasteiger partial charge is 0.481 e. The summed E-state index contributed by atoms with van der Waals surface area (Å²) in [7, 11) is -3.77. The molecule has 0 bridgehead atoms. The van der Waals surface area contributed by atoms with Gasteiger partial charge in [-0.2, -0.15) is 12.7 Å². The number of ether oxygens (including phenoxy) is 1. The van der Waals surface area contributed by atoms with Gasteiger partial charge in [-0.25, -0.2) is 0 Å². The van der Waals surface area contributed by atoms with Crippen LogP contribution in [-0.4, -0.2) is 56.1 Å². The number of carboxylic acid groups (broad SMARTS) is 1. The highest BCUT2D eigenvalue weighted by molar-refractivity contribution is 7.90. The van der Waals surface area contributed by atoms with Crippen LogP contribution in [0.25, 0.3) is 0 Å². The third-order valence-corrected chi connectivity index (χ3v) is 6.19. The lowest BCUT2D eigenvalue weighted by atomic mass is 10.1. The van der Waals surface area contributed by atoms with Gasteiger partial charge in [0.05, 0.1) is 24.8 Å². The van der Waals surface area contributed by atoms with Gasteiger partial charge in [0.25, 0.3) is 0 Å². The summed E-state index contributed by atoms with van der Waals surface area (Å²) in [5.41, 5.74) is 1.46. The molecular weight excluding hydrogens is 320 g/mol. The quantitative estimate of drug-likeness (QED) is 0.878. The maximum atomic E-state index is 13.1. The van der Waals surface area contributed by atoms with Crippen LogP contribution in [0, 0.1) is 0 Å². The highest BCUT2D eigenvalue weighted by Crippen LogP contribution is 2.36. The Morgan fingerprint density at radius 1 is 1.26 bits per heavy atom. The molecule has 8 heteroatoms. The molecule has 0 aromatic heterocycles. The molecule has 0 amide bonds. The van der Waals surface area contributed by atoms with Crippen molar-refractivity contribution in [2.45, 2.75) is 25.3 Å². The van der Waals surface area contributed by atoms with E-state index in [-0.39, 0.29) is 6.42 Å². The van der Waals surface area contributed by atoms with E-state index in [1.165, 1.54) is 8.61 Å². The standard InChI is InChI=1S/C15H20N2O5S/c18-15(19)11-13-10-12-4-1-2-5-14(12)17(13)23(20,21)16-6-3-8-22-9-7-16/h1-2,4-5,13H,3,6-11H2,(H,18,19)/t13-/m0/s1. The van der Waals surface area contributed by atoms with Gasteiger partial charge in [-0.15, -0.1) is 0 Å². The summed E-state index contributed by atoms with van der Waals surface area (Å²) in [5.74, 6) is -0.998. The third-order valence-electron chi connectivity index (χ3n) is 4.18. The van der Waals surface area contributed by atoms with Crippen LogP contribution in [0.1, 0.15) is 18.4 Å². The molecule has 0 saturated carbocycles. The van der Waals surface area contributed by atoms with E-state index in [4.69, 9.17) is 9.84 Å². The topological polar surface area (TPSA) is 87.2 Å². The van der Waals surface area contributed by atoms with Crippen LogP contribution in [0.4, 0.5) is 5.69 Å². The summed E-state index contributed by atoms with van der Waals surface area (Å²) in [6.45, 7) is 1.58. The Hall–Kier alpha value is -1.64. The molecule has 2 aliphatic heterocycles. The molecule has 1 fully saturated rings. The van der Waals surface area contributed by atoms with E-state index in [0.29, 0.717) is 44.8 Å². The Morgan fingerprint density at radius 2 is 2.04 bits per heavy atom. The number of fused-ring (bicyclic) bond motifs is 1. The molecule has 1 aromatic carbocycles. The molecule has 0 aliphatic carbocycles. The minimum atomic E-state index is -3.77. The predicted molar refractivity (Wildman–Crippen MR) is 84.6 cm³/mol. The van der Waals surface area contributed by atoms with Gasteiger partial charge in [0.2, 0.25) is 0 Å². The van der Waals surface area contributed by atoms with E-state index < -0.39 is 22.2 Å². The Kier molecular flexibility index (Phi) is 4.56. The summed E-state index contributed by atoms with van der Waals surface area (Å²) in [6, 6.07) is 6.62. The van der Waals surface area contributed by atoms with Crippen molar-refractivity contribution in [1.82, 2.24) is 4.31 Å². The number of anilines is 1. The molecule has 1 aromatic rings. The van der Waals surface area contributed by atoms with Crippen LogP contribution in [0.5, 0.6) is 0 Å². The monoisotopic (exact) mass is 340 g/mol. The zero-order chi connectivity index (χ0) is 16.4. The van der Waals surface area contributed by atoms with Gasteiger partial charge in [0, 0.05) is 19.7 Å². The second-order valence-corrected chi connectivity index (χ2v) is 7.56. The number of para-hydroxylation sites is 1. The Morgan fingerprint density at radius 3 is 2.83 bits per heavy atom. The molecule has 2 aliphatic rings. The van der Waals surface area contributed by atoms with Crippen molar-refractivity contribution in [1.29, 1.82) is 0 Å². The van der Waals surface area contributed by atoms with E-state index in [1.54, 1.807) is 12.1 Å². The smallest absolute Gasteiger partial charge is 0.305 e. The minimum Gasteiger partial charge on any atom is -0.481 e. The van der Waals surface area contributed by atoms with Crippen molar-refractivity contribution in [3.63, 3.8) is 0 Å². The molecule has 0 radical (unpaired) electrons. The molecular formula is C15H20N2O5S. The maximum absolute atomic E-state index is 13.1. The fourth-order valence-electron chi connectivity index (χ4n) is 3.18. The first-order valence-corrected chi connectivity index (χ1v) is 9.07. The average molecular weight is 340 g/mol. The lowest BCUT2D eigenvalue weighted by Crippen LogP contribution is -2.48. The van der Waals surface area contributed by atoms with Crippen molar-refractivity contribution in [2.75, 3.05) is 30.6 Å². The summed E-state index contributed by atoms with van der Waals surface area (Å²) in [6.07, 6.45) is 0.850. The van der Waals surface area contributed by atoms with Crippen molar-refractivity contribution >= 4 is 21.9 Å². The van der Waals surface area contributed by atoms with Gasteiger partial charge < -0.3 is 9.84 Å². The van der Waals surface area contributed by atoms with Gasteiger partial charge in [-0.1, -0.05) is 18.2 Å². The number of benzene rings is 1. The molecule has 0 unspecified atom stereocenters. The Labute approximate surface area is 135 Å². The number of hydrogen-bond donors (Lipinski definition) is 1. The molecule has 2 heterocycles. The van der Waals surface area contributed by atoms with Crippen LogP contribution >= 0.6 is 0 Å². The first-order valence-electron chi connectivity index (χ1n) is 7.67. The van der Waals surface area contributed by atoms with Crippen LogP contribution in [0.15, 0.2) is 24.3 Å². The fourth-order valence-corrected chi connectivity index (χ4v) is 5.05. The normalized spacial score (nSPS) is 22.6. The van der Waals surface area contributed by atoms with Crippen molar-refractivity contribution in [3.8, 4) is 0 Å². The maximum Gasteiger partial charge on any atom is 0.305 e. The summed E-state index contributed by atoms with van der Waals surface area (Å²) >= 11 is 0. The number of aliphatic carboxylic acids is 1. The average Bonchev–Trinajstić information content (AvgIpc) is 2.68. The summed E-state index contributed by atoms with van der Waals surface area (Å²) < 4.78 is 34.2. The molecule has 23 heavy (non-hydrogen) atoms. The van der Waals surface area contributed by atoms with E-state index in [0.717, 1.165) is 5.56 Å². The van der Waals surface area contributed by atoms with Crippen LogP contribution in [-0.2, 0) is 26.2 Å². The lowest BCUT2D eigenvalue weighted by molar-refractivity contribution is -0.137. The van der Waals surface area contributed by atoms with E-state index in [9.17, 15) is 13.2 Å². The third kappa shape index (κ3) is 3.19. The van der Waals surface area contributed by atoms with E-state index in [2.05, 4.69) is 0 Å². The lowest BCUT2D eigenvalue weighted by Gasteiger charge is -2.31. The van der Waals surface area contributed by atoms with E-state index in [1.807, 2.05) is 12.1 Å². The molecule has 3 rings (SSSR count). The van der Waals surface area contributed by atoms with Gasteiger partial charge in [0.15, 0.2) is 0 Å². The first kappa shape index (κ1) is 16.2. The van der Waals surface area contributed by atoms with Crippen LogP contribution in [0.3, 0.4) is 0 Å². The number of carbonyl (C=O) groups is 1. The molecule has 126 valence electrons. The number of nitrogens with zero attached hydrogens (tertiary/aromatic N) is 2. The van der Waals surface area contributed by atoms with Gasteiger partial charge >= 0.3 is 16.2 Å². The predicted octanol–water partition coefficient (Wildman–Crippen LogP) is 0.859. The second kappa shape index (κ2) is 6.46. The zero-order valence-corrected chi connectivity index (χ0v) is 13.5. The Bertz CT molecular complexity index is 683. The molecule has 7 nitrogen and oxygen atoms in total. The molecule has 1 N–H and O–H groups in total. The van der Waals surface area contributed by atoms with E-state index >= 15 is 0 Å². The molecule has 0 spiro atoms. The highest BCUT2D eigenvalue weighted by atomic mass is 32.2. The summed E-state index contributed by atoms with van der Waals surface area (Å²) in [5, 5.41) is 9.14. The first-order chi connectivity index (χ1) is 11.0. The number of hydrogen-bond acceptors (Lipinski definition) is 4. The SMILES string of the molecule is O=C(O)C[C@@H]1Cc2ccccc2N1S(=O)(=O)N1CCCOCC1. The van der Waals surface area contributed by atoms with Gasteiger partial charge in [0.1, 0.15) is 0 Å². The molecule has 1 saturated heterocycles. The summed E-state index contributed by atoms with van der Waals surface area (Å²) in [4.78, 5) is 11.2. The van der Waals surface area contributed by atoms with Crippen LogP contribution < -0.4 is 4.31 Å². The fraction of sp³-hybridized carbons (Fsp3) is 0.533.